The Morgan fingerprint density at radius 3 is 2.56 bits per heavy atom. The Labute approximate surface area is 200 Å². The first-order valence-electron chi connectivity index (χ1n) is 9.78. The number of aliphatic hydroxyl groups excluding tert-OH is 1. The average Bonchev–Trinajstić information content (AvgIpc) is 3.36. The van der Waals surface area contributed by atoms with Crippen molar-refractivity contribution in [2.45, 2.75) is 11.5 Å². The van der Waals surface area contributed by atoms with Crippen molar-refractivity contribution in [3.05, 3.63) is 58.8 Å². The number of rotatable bonds is 11. The number of carbonyl (C=O) groups is 1. The van der Waals surface area contributed by atoms with Crippen LogP contribution < -0.4 is 10.1 Å². The van der Waals surface area contributed by atoms with E-state index < -0.39 is 15.9 Å². The van der Waals surface area contributed by atoms with Gasteiger partial charge in [0.2, 0.25) is 15.9 Å². The first-order valence-corrected chi connectivity index (χ1v) is 12.1. The number of sulfonamides is 1. The molecular formula is C20H22N6O6S2. The monoisotopic (exact) mass is 506 g/mol. The quantitative estimate of drug-likeness (QED) is 0.287. The molecular weight excluding hydrogens is 484 g/mol. The Morgan fingerprint density at radius 1 is 1.21 bits per heavy atom. The number of methoxy groups -OCH3 is 1. The molecule has 0 aliphatic rings. The number of thiazole rings is 1. The summed E-state index contributed by atoms with van der Waals surface area (Å²) in [6, 6.07) is 5.56. The number of hydrogen-bond donors (Lipinski definition) is 2. The Kier molecular flexibility index (Phi) is 8.59. The molecule has 0 fully saturated rings. The van der Waals surface area contributed by atoms with Gasteiger partial charge < -0.3 is 20.0 Å². The van der Waals surface area contributed by atoms with Crippen molar-refractivity contribution in [3.63, 3.8) is 0 Å². The predicted molar refractivity (Wildman–Crippen MR) is 124 cm³/mol. The number of anilines is 1. The van der Waals surface area contributed by atoms with Crippen LogP contribution in [-0.4, -0.2) is 71.7 Å². The Hall–Kier alpha value is -3.46. The number of ether oxygens (including phenoxy) is 1. The minimum atomic E-state index is -3.80. The lowest BCUT2D eigenvalue weighted by Crippen LogP contribution is -2.29. The van der Waals surface area contributed by atoms with E-state index in [0.717, 1.165) is 4.31 Å². The van der Waals surface area contributed by atoms with Crippen molar-refractivity contribution < 1.29 is 27.9 Å². The minimum Gasteiger partial charge on any atom is -0.480 e. The Balaban J connectivity index is 1.85. The van der Waals surface area contributed by atoms with E-state index in [4.69, 9.17) is 14.7 Å². The SMILES string of the molecule is COc1cnc(NC(=O)C(=NOCc2nccs2)c2ccc(S(=O)(=O)N(C)CCO)cc2)cn1. The first kappa shape index (κ1) is 25.2. The van der Waals surface area contributed by atoms with Crippen LogP contribution in [0.2, 0.25) is 0 Å². The van der Waals surface area contributed by atoms with Gasteiger partial charge in [0.05, 0.1) is 31.0 Å². The molecule has 1 amide bonds. The van der Waals surface area contributed by atoms with Gasteiger partial charge in [-0.15, -0.1) is 11.3 Å². The average molecular weight is 507 g/mol. The summed E-state index contributed by atoms with van der Waals surface area (Å²) < 4.78 is 31.1. The van der Waals surface area contributed by atoms with Gasteiger partial charge in [-0.25, -0.2) is 23.4 Å². The van der Waals surface area contributed by atoms with Crippen LogP contribution in [0.15, 0.2) is 58.3 Å². The van der Waals surface area contributed by atoms with Crippen molar-refractivity contribution in [1.29, 1.82) is 0 Å². The summed E-state index contributed by atoms with van der Waals surface area (Å²) in [5, 5.41) is 18.0. The summed E-state index contributed by atoms with van der Waals surface area (Å²) in [6.45, 7) is -0.308. The fraction of sp³-hybridized carbons (Fsp3) is 0.250. The molecule has 3 rings (SSSR count). The van der Waals surface area contributed by atoms with Gasteiger partial charge >= 0.3 is 0 Å². The van der Waals surface area contributed by atoms with Gasteiger partial charge in [0, 0.05) is 30.7 Å². The zero-order valence-electron chi connectivity index (χ0n) is 18.3. The number of carbonyl (C=O) groups excluding carboxylic acids is 1. The molecule has 0 unspecified atom stereocenters. The van der Waals surface area contributed by atoms with Crippen LogP contribution in [0.1, 0.15) is 10.6 Å². The molecule has 2 aromatic heterocycles. The lowest BCUT2D eigenvalue weighted by molar-refractivity contribution is -0.110. The summed E-state index contributed by atoms with van der Waals surface area (Å²) in [4.78, 5) is 30.4. The molecule has 1 aromatic carbocycles. The molecule has 180 valence electrons. The van der Waals surface area contributed by atoms with Gasteiger partial charge in [-0.1, -0.05) is 17.3 Å². The molecule has 2 N–H and O–H groups in total. The highest BCUT2D eigenvalue weighted by Crippen LogP contribution is 2.17. The molecule has 3 aromatic rings. The maximum Gasteiger partial charge on any atom is 0.279 e. The highest BCUT2D eigenvalue weighted by molar-refractivity contribution is 7.89. The molecule has 0 radical (unpaired) electrons. The van der Waals surface area contributed by atoms with Crippen molar-refractivity contribution in [1.82, 2.24) is 19.3 Å². The number of likely N-dealkylation sites (N-methyl/N-ethyl adjacent to an activating group) is 1. The number of amides is 1. The van der Waals surface area contributed by atoms with Crippen LogP contribution in [0.25, 0.3) is 0 Å². The minimum absolute atomic E-state index is 0.00307. The standard InChI is InChI=1S/C20H22N6O6S2/c1-26(8-9-27)34(29,30)15-5-3-14(4-6-15)19(25-32-13-18-21-7-10-33-18)20(28)24-16-11-23-17(31-2)12-22-16/h3-7,10-12,27H,8-9,13H2,1-2H3,(H,22,24,28). The topological polar surface area (TPSA) is 156 Å². The van der Waals surface area contributed by atoms with Gasteiger partial charge in [0.1, 0.15) is 5.01 Å². The van der Waals surface area contributed by atoms with Gasteiger partial charge in [0.15, 0.2) is 18.1 Å². The van der Waals surface area contributed by atoms with Gasteiger partial charge in [-0.3, -0.25) is 4.79 Å². The van der Waals surface area contributed by atoms with Crippen molar-refractivity contribution in [2.24, 2.45) is 5.16 Å². The molecule has 0 saturated carbocycles. The van der Waals surface area contributed by atoms with Crippen LogP contribution in [0.3, 0.4) is 0 Å². The van der Waals surface area contributed by atoms with Crippen molar-refractivity contribution >= 4 is 38.8 Å². The maximum atomic E-state index is 12.9. The fourth-order valence-corrected chi connectivity index (χ4v) is 4.27. The number of aromatic nitrogens is 3. The number of hydrogen-bond acceptors (Lipinski definition) is 11. The molecule has 0 spiro atoms. The summed E-state index contributed by atoms with van der Waals surface area (Å²) >= 11 is 1.37. The normalized spacial score (nSPS) is 11.9. The molecule has 2 heterocycles. The summed E-state index contributed by atoms with van der Waals surface area (Å²) in [7, 11) is -0.995. The van der Waals surface area contributed by atoms with E-state index in [0.29, 0.717) is 10.6 Å². The van der Waals surface area contributed by atoms with E-state index in [1.54, 1.807) is 11.6 Å². The van der Waals surface area contributed by atoms with Crippen LogP contribution in [0.4, 0.5) is 5.82 Å². The smallest absolute Gasteiger partial charge is 0.279 e. The van der Waals surface area contributed by atoms with E-state index in [1.807, 2.05) is 0 Å². The highest BCUT2D eigenvalue weighted by atomic mass is 32.2. The maximum absolute atomic E-state index is 12.9. The zero-order valence-corrected chi connectivity index (χ0v) is 19.9. The number of aliphatic hydroxyl groups is 1. The third kappa shape index (κ3) is 6.32. The Bertz CT molecular complexity index is 1220. The van der Waals surface area contributed by atoms with Gasteiger partial charge in [-0.2, -0.15) is 4.31 Å². The second kappa shape index (κ2) is 11.6. The predicted octanol–water partition coefficient (Wildman–Crippen LogP) is 1.11. The molecule has 0 aliphatic carbocycles. The first-order chi connectivity index (χ1) is 16.3. The van der Waals surface area contributed by atoms with E-state index in [1.165, 1.54) is 62.2 Å². The van der Waals surface area contributed by atoms with E-state index in [2.05, 4.69) is 25.4 Å². The zero-order chi connectivity index (χ0) is 24.6. The summed E-state index contributed by atoms with van der Waals surface area (Å²) in [6.07, 6.45) is 4.28. The molecule has 0 bridgehead atoms. The fourth-order valence-electron chi connectivity index (χ4n) is 2.59. The molecule has 0 saturated heterocycles. The third-order valence-electron chi connectivity index (χ3n) is 4.37. The van der Waals surface area contributed by atoms with Crippen LogP contribution in [0.5, 0.6) is 5.88 Å². The highest BCUT2D eigenvalue weighted by Gasteiger charge is 2.22. The van der Waals surface area contributed by atoms with E-state index in [-0.39, 0.29) is 42.1 Å². The second-order valence-corrected chi connectivity index (χ2v) is 9.64. The second-order valence-electron chi connectivity index (χ2n) is 6.61. The summed E-state index contributed by atoms with van der Waals surface area (Å²) in [5.41, 5.74) is 0.198. The Morgan fingerprint density at radius 2 is 1.97 bits per heavy atom. The van der Waals surface area contributed by atoms with Crippen molar-refractivity contribution in [3.8, 4) is 5.88 Å². The van der Waals surface area contributed by atoms with Crippen LogP contribution in [0, 0.1) is 0 Å². The lowest BCUT2D eigenvalue weighted by atomic mass is 10.1. The van der Waals surface area contributed by atoms with Crippen LogP contribution in [-0.2, 0) is 26.3 Å². The van der Waals surface area contributed by atoms with Crippen molar-refractivity contribution in [2.75, 3.05) is 32.6 Å². The molecule has 0 aliphatic heterocycles. The lowest BCUT2D eigenvalue weighted by Gasteiger charge is -2.16. The van der Waals surface area contributed by atoms with Gasteiger partial charge in [-0.05, 0) is 12.1 Å². The number of benzene rings is 1. The number of nitrogens with one attached hydrogen (secondary N) is 1. The van der Waals surface area contributed by atoms with E-state index >= 15 is 0 Å². The van der Waals surface area contributed by atoms with Gasteiger partial charge in [0.25, 0.3) is 5.91 Å². The number of nitrogens with zero attached hydrogens (tertiary/aromatic N) is 5. The summed E-state index contributed by atoms with van der Waals surface area (Å²) in [5.74, 6) is -0.212. The molecule has 14 heteroatoms. The number of oxime groups is 1. The van der Waals surface area contributed by atoms with E-state index in [9.17, 15) is 13.2 Å². The molecule has 12 nitrogen and oxygen atoms in total. The van der Waals surface area contributed by atoms with Crippen LogP contribution >= 0.6 is 11.3 Å². The largest absolute Gasteiger partial charge is 0.480 e. The molecule has 0 atom stereocenters. The molecule has 34 heavy (non-hydrogen) atoms. The third-order valence-corrected chi connectivity index (χ3v) is 7.00.